The molecule has 0 aliphatic heterocycles. The van der Waals surface area contributed by atoms with E-state index in [9.17, 15) is 0 Å². The van der Waals surface area contributed by atoms with E-state index in [1.54, 1.807) is 6.33 Å². The molecule has 3 heteroatoms. The van der Waals surface area contributed by atoms with Crippen LogP contribution in [0.1, 0.15) is 25.8 Å². The van der Waals surface area contributed by atoms with Gasteiger partial charge in [0.05, 0.1) is 5.69 Å². The highest BCUT2D eigenvalue weighted by atomic mass is 15.0. The van der Waals surface area contributed by atoms with Crippen LogP contribution in [0.25, 0.3) is 11.3 Å². The average Bonchev–Trinajstić information content (AvgIpc) is 2.45. The molecule has 2 rings (SSSR count). The van der Waals surface area contributed by atoms with Gasteiger partial charge in [-0.05, 0) is 12.8 Å². The van der Waals surface area contributed by atoms with Crippen molar-refractivity contribution in [2.24, 2.45) is 0 Å². The van der Waals surface area contributed by atoms with Crippen molar-refractivity contribution < 1.29 is 0 Å². The van der Waals surface area contributed by atoms with Crippen molar-refractivity contribution in [1.82, 2.24) is 9.97 Å². The molecule has 1 heterocycles. The molecule has 0 spiro atoms. The summed E-state index contributed by atoms with van der Waals surface area (Å²) in [5, 5.41) is 3.37. The number of nitrogens with one attached hydrogen (secondary N) is 1. The highest BCUT2D eigenvalue weighted by molar-refractivity contribution is 5.68. The molecule has 0 unspecified atom stereocenters. The summed E-state index contributed by atoms with van der Waals surface area (Å²) in [5.74, 6) is 0.966. The number of nitrogens with zero attached hydrogens (tertiary/aromatic N) is 2. The number of anilines is 1. The van der Waals surface area contributed by atoms with Crippen LogP contribution in [0.5, 0.6) is 0 Å². The Hall–Kier alpha value is -1.90. The van der Waals surface area contributed by atoms with Gasteiger partial charge in [0.25, 0.3) is 0 Å². The smallest absolute Gasteiger partial charge is 0.133 e. The summed E-state index contributed by atoms with van der Waals surface area (Å²) in [5.41, 5.74) is 3.38. The van der Waals surface area contributed by atoms with Crippen LogP contribution in [-0.4, -0.2) is 16.5 Å². The van der Waals surface area contributed by atoms with Crippen molar-refractivity contribution in [3.63, 3.8) is 0 Å². The Kier molecular flexibility index (Phi) is 4.29. The van der Waals surface area contributed by atoms with Crippen LogP contribution in [0.3, 0.4) is 0 Å². The van der Waals surface area contributed by atoms with Crippen LogP contribution in [0.4, 0.5) is 5.82 Å². The van der Waals surface area contributed by atoms with Crippen molar-refractivity contribution in [3.8, 4) is 11.3 Å². The highest BCUT2D eigenvalue weighted by Crippen LogP contribution is 2.25. The fourth-order valence-electron chi connectivity index (χ4n) is 1.99. The van der Waals surface area contributed by atoms with Gasteiger partial charge in [-0.3, -0.25) is 0 Å². The zero-order valence-electron chi connectivity index (χ0n) is 11.0. The largest absolute Gasteiger partial charge is 0.370 e. The van der Waals surface area contributed by atoms with Crippen LogP contribution < -0.4 is 5.32 Å². The van der Waals surface area contributed by atoms with E-state index < -0.39 is 0 Å². The molecule has 1 aromatic heterocycles. The van der Waals surface area contributed by atoms with Crippen molar-refractivity contribution in [3.05, 3.63) is 42.2 Å². The second-order valence-corrected chi connectivity index (χ2v) is 4.20. The van der Waals surface area contributed by atoms with Gasteiger partial charge in [0, 0.05) is 17.7 Å². The first-order valence-corrected chi connectivity index (χ1v) is 6.50. The molecule has 0 aliphatic rings. The lowest BCUT2D eigenvalue weighted by molar-refractivity contribution is 0.949. The molecule has 0 radical (unpaired) electrons. The summed E-state index contributed by atoms with van der Waals surface area (Å²) in [6, 6.07) is 10.3. The summed E-state index contributed by atoms with van der Waals surface area (Å²) in [7, 11) is 0. The molecule has 0 atom stereocenters. The number of hydrogen-bond acceptors (Lipinski definition) is 3. The Morgan fingerprint density at radius 3 is 2.50 bits per heavy atom. The van der Waals surface area contributed by atoms with Crippen LogP contribution in [0, 0.1) is 0 Å². The van der Waals surface area contributed by atoms with Gasteiger partial charge in [-0.1, -0.05) is 44.2 Å². The molecule has 18 heavy (non-hydrogen) atoms. The predicted molar refractivity (Wildman–Crippen MR) is 75.6 cm³/mol. The standard InChI is InChI=1S/C15H19N3/c1-3-10-16-15-13(4-2)14(17-11-18-15)12-8-6-5-7-9-12/h5-9,11H,3-4,10H2,1-2H3,(H,16,17,18). The molecule has 94 valence electrons. The van der Waals surface area contributed by atoms with E-state index >= 15 is 0 Å². The van der Waals surface area contributed by atoms with Crippen LogP contribution >= 0.6 is 0 Å². The maximum absolute atomic E-state index is 4.44. The SMILES string of the molecule is CCCNc1ncnc(-c2ccccc2)c1CC. The molecule has 2 aromatic rings. The summed E-state index contributed by atoms with van der Waals surface area (Å²) >= 11 is 0. The molecule has 0 fully saturated rings. The Balaban J connectivity index is 2.41. The third-order valence-electron chi connectivity index (χ3n) is 2.89. The minimum Gasteiger partial charge on any atom is -0.370 e. The first-order chi connectivity index (χ1) is 8.86. The third-order valence-corrected chi connectivity index (χ3v) is 2.89. The van der Waals surface area contributed by atoms with E-state index in [0.717, 1.165) is 36.5 Å². The second-order valence-electron chi connectivity index (χ2n) is 4.20. The van der Waals surface area contributed by atoms with Crippen LogP contribution in [-0.2, 0) is 6.42 Å². The molecule has 0 amide bonds. The van der Waals surface area contributed by atoms with Gasteiger partial charge in [0.1, 0.15) is 12.1 Å². The number of aromatic nitrogens is 2. The zero-order chi connectivity index (χ0) is 12.8. The van der Waals surface area contributed by atoms with Gasteiger partial charge in [-0.25, -0.2) is 9.97 Å². The first kappa shape index (κ1) is 12.6. The first-order valence-electron chi connectivity index (χ1n) is 6.50. The Bertz CT molecular complexity index is 494. The molecule has 0 aliphatic carbocycles. The molecule has 3 nitrogen and oxygen atoms in total. The maximum atomic E-state index is 4.44. The van der Waals surface area contributed by atoms with E-state index in [0.29, 0.717) is 0 Å². The minimum absolute atomic E-state index is 0.928. The average molecular weight is 241 g/mol. The Labute approximate surface area is 108 Å². The lowest BCUT2D eigenvalue weighted by Gasteiger charge is -2.12. The summed E-state index contributed by atoms with van der Waals surface area (Å²) in [6.45, 7) is 5.23. The quantitative estimate of drug-likeness (QED) is 0.870. The van der Waals surface area contributed by atoms with Gasteiger partial charge in [0.15, 0.2) is 0 Å². The molecule has 1 aromatic carbocycles. The lowest BCUT2D eigenvalue weighted by Crippen LogP contribution is -2.07. The Morgan fingerprint density at radius 2 is 1.83 bits per heavy atom. The summed E-state index contributed by atoms with van der Waals surface area (Å²) < 4.78 is 0. The molecule has 0 bridgehead atoms. The molecular weight excluding hydrogens is 222 g/mol. The zero-order valence-corrected chi connectivity index (χ0v) is 11.0. The van der Waals surface area contributed by atoms with Gasteiger partial charge in [-0.15, -0.1) is 0 Å². The van der Waals surface area contributed by atoms with E-state index in [1.165, 1.54) is 5.56 Å². The van der Waals surface area contributed by atoms with E-state index in [4.69, 9.17) is 0 Å². The van der Waals surface area contributed by atoms with Gasteiger partial charge in [0.2, 0.25) is 0 Å². The van der Waals surface area contributed by atoms with Crippen LogP contribution in [0.2, 0.25) is 0 Å². The van der Waals surface area contributed by atoms with Gasteiger partial charge < -0.3 is 5.32 Å². The topological polar surface area (TPSA) is 37.8 Å². The number of hydrogen-bond donors (Lipinski definition) is 1. The van der Waals surface area contributed by atoms with Gasteiger partial charge in [-0.2, -0.15) is 0 Å². The summed E-state index contributed by atoms with van der Waals surface area (Å²) in [6.07, 6.45) is 3.66. The number of rotatable bonds is 5. The van der Waals surface area contributed by atoms with Crippen molar-refractivity contribution in [2.45, 2.75) is 26.7 Å². The molecule has 1 N–H and O–H groups in total. The molecular formula is C15H19N3. The van der Waals surface area contributed by atoms with Gasteiger partial charge >= 0.3 is 0 Å². The fourth-order valence-corrected chi connectivity index (χ4v) is 1.99. The van der Waals surface area contributed by atoms with Crippen molar-refractivity contribution in [1.29, 1.82) is 0 Å². The second kappa shape index (κ2) is 6.15. The van der Waals surface area contributed by atoms with Crippen molar-refractivity contribution >= 4 is 5.82 Å². The minimum atomic E-state index is 0.928. The van der Waals surface area contributed by atoms with Crippen molar-refractivity contribution in [2.75, 3.05) is 11.9 Å². The molecule has 0 saturated heterocycles. The normalized spacial score (nSPS) is 10.3. The fraction of sp³-hybridized carbons (Fsp3) is 0.333. The highest BCUT2D eigenvalue weighted by Gasteiger charge is 2.10. The van der Waals surface area contributed by atoms with Crippen LogP contribution in [0.15, 0.2) is 36.7 Å². The van der Waals surface area contributed by atoms with E-state index in [1.807, 2.05) is 18.2 Å². The number of benzene rings is 1. The lowest BCUT2D eigenvalue weighted by atomic mass is 10.0. The maximum Gasteiger partial charge on any atom is 0.133 e. The molecule has 0 saturated carbocycles. The monoisotopic (exact) mass is 241 g/mol. The summed E-state index contributed by atoms with van der Waals surface area (Å²) in [4.78, 5) is 8.79. The third kappa shape index (κ3) is 2.67. The Morgan fingerprint density at radius 1 is 1.06 bits per heavy atom. The van der Waals surface area contributed by atoms with E-state index in [2.05, 4.69) is 41.3 Å². The predicted octanol–water partition coefficient (Wildman–Crippen LogP) is 3.53. The van der Waals surface area contributed by atoms with E-state index in [-0.39, 0.29) is 0 Å².